The molecule has 98 valence electrons. The van der Waals surface area contributed by atoms with Crippen molar-refractivity contribution in [1.29, 1.82) is 0 Å². The summed E-state index contributed by atoms with van der Waals surface area (Å²) in [7, 11) is 1.64. The lowest BCUT2D eigenvalue weighted by Gasteiger charge is -1.97. The summed E-state index contributed by atoms with van der Waals surface area (Å²) in [6.45, 7) is -0.499. The molecule has 1 aromatic rings. The highest BCUT2D eigenvalue weighted by Gasteiger charge is 2.13. The second-order valence-corrected chi connectivity index (χ2v) is 4.91. The van der Waals surface area contributed by atoms with Crippen molar-refractivity contribution in [3.63, 3.8) is 0 Å². The molecule has 0 atom stereocenters. The summed E-state index contributed by atoms with van der Waals surface area (Å²) in [4.78, 5) is 5.79. The molecule has 0 aliphatic carbocycles. The largest absolute Gasteiger partial charge is 0.391 e. The summed E-state index contributed by atoms with van der Waals surface area (Å²) < 4.78 is 12.3. The number of allylic oxidation sites excluding steroid dienone is 2. The Balaban J connectivity index is 2.17. The predicted octanol–water partition coefficient (Wildman–Crippen LogP) is 2.00. The minimum atomic E-state index is -0.530. The molecule has 0 bridgehead atoms. The summed E-state index contributed by atoms with van der Waals surface area (Å²) in [5.74, 6) is 6.60. The highest BCUT2D eigenvalue weighted by atomic mass is 32.1. The van der Waals surface area contributed by atoms with E-state index in [2.05, 4.69) is 22.2 Å². The fourth-order valence-corrected chi connectivity index (χ4v) is 2.33. The number of aliphatic hydroxyl groups is 1. The van der Waals surface area contributed by atoms with Crippen LogP contribution in [0.1, 0.15) is 9.75 Å². The zero-order chi connectivity index (χ0) is 13.7. The van der Waals surface area contributed by atoms with Crippen molar-refractivity contribution in [1.82, 2.24) is 5.32 Å². The van der Waals surface area contributed by atoms with Crippen LogP contribution in [0.5, 0.6) is 0 Å². The topological polar surface area (TPSA) is 44.6 Å². The molecule has 5 heteroatoms. The van der Waals surface area contributed by atoms with Gasteiger partial charge >= 0.3 is 0 Å². The Kier molecular flexibility index (Phi) is 4.50. The average Bonchev–Trinajstić information content (AvgIpc) is 3.03. The second-order valence-electron chi connectivity index (χ2n) is 3.74. The van der Waals surface area contributed by atoms with E-state index in [9.17, 15) is 4.39 Å². The molecule has 2 heterocycles. The number of hydrogen-bond donors (Lipinski definition) is 2. The maximum Gasteiger partial charge on any atom is 0.132 e. The third-order valence-corrected chi connectivity index (χ3v) is 3.47. The lowest BCUT2D eigenvalue weighted by molar-refractivity contribution is 0.285. The molecule has 1 aliphatic rings. The van der Waals surface area contributed by atoms with E-state index < -0.39 is 6.67 Å². The molecule has 3 nitrogen and oxygen atoms in total. The van der Waals surface area contributed by atoms with Gasteiger partial charge in [-0.05, 0) is 36.1 Å². The predicted molar refractivity (Wildman–Crippen MR) is 75.8 cm³/mol. The van der Waals surface area contributed by atoms with Gasteiger partial charge in [0, 0.05) is 17.5 Å². The van der Waals surface area contributed by atoms with Gasteiger partial charge < -0.3 is 10.4 Å². The van der Waals surface area contributed by atoms with Crippen molar-refractivity contribution in [3.05, 3.63) is 45.3 Å². The average molecular weight is 276 g/mol. The van der Waals surface area contributed by atoms with E-state index in [-0.39, 0.29) is 6.61 Å². The monoisotopic (exact) mass is 276 g/mol. The molecule has 0 saturated carbocycles. The normalized spacial score (nSPS) is 18.2. The first-order valence-electron chi connectivity index (χ1n) is 5.70. The number of aliphatic imine (C=N–C) groups is 1. The first-order chi connectivity index (χ1) is 9.26. The van der Waals surface area contributed by atoms with Gasteiger partial charge in [0.1, 0.15) is 12.5 Å². The number of halogens is 1. The third-order valence-electron chi connectivity index (χ3n) is 2.48. The van der Waals surface area contributed by atoms with Crippen molar-refractivity contribution < 1.29 is 9.50 Å². The third kappa shape index (κ3) is 3.31. The molecular formula is C14H13FN2OS. The van der Waals surface area contributed by atoms with Crippen LogP contribution < -0.4 is 5.32 Å². The fraction of sp³-hybridized carbons (Fsp3) is 0.214. The zero-order valence-corrected chi connectivity index (χ0v) is 11.2. The van der Waals surface area contributed by atoms with Crippen molar-refractivity contribution in [3.8, 4) is 11.8 Å². The Labute approximate surface area is 115 Å². The van der Waals surface area contributed by atoms with Gasteiger partial charge in [0.25, 0.3) is 0 Å². The van der Waals surface area contributed by atoms with E-state index in [4.69, 9.17) is 5.11 Å². The van der Waals surface area contributed by atoms with Gasteiger partial charge in [-0.3, -0.25) is 4.99 Å². The number of alkyl halides is 1. The molecule has 19 heavy (non-hydrogen) atoms. The van der Waals surface area contributed by atoms with Crippen LogP contribution in [0.2, 0.25) is 0 Å². The molecular weight excluding hydrogens is 263 g/mol. The van der Waals surface area contributed by atoms with E-state index in [0.717, 1.165) is 15.3 Å². The quantitative estimate of drug-likeness (QED) is 0.812. The number of thiophene rings is 1. The minimum absolute atomic E-state index is 0.0311. The van der Waals surface area contributed by atoms with Crippen molar-refractivity contribution in [2.75, 3.05) is 13.7 Å². The Hall–Kier alpha value is -1.90. The number of nitrogens with zero attached hydrogens (tertiary/aromatic N) is 1. The Morgan fingerprint density at radius 3 is 2.95 bits per heavy atom. The van der Waals surface area contributed by atoms with E-state index in [1.165, 1.54) is 17.4 Å². The highest BCUT2D eigenvalue weighted by Crippen LogP contribution is 2.16. The van der Waals surface area contributed by atoms with Crippen LogP contribution in [-0.4, -0.2) is 24.7 Å². The molecule has 2 rings (SSSR count). The molecule has 0 amide bonds. The van der Waals surface area contributed by atoms with E-state index in [0.29, 0.717) is 11.5 Å². The van der Waals surface area contributed by atoms with Crippen molar-refractivity contribution >= 4 is 17.2 Å². The fourth-order valence-electron chi connectivity index (χ4n) is 1.61. The molecule has 0 aromatic carbocycles. The van der Waals surface area contributed by atoms with Gasteiger partial charge in [-0.2, -0.15) is 0 Å². The van der Waals surface area contributed by atoms with Gasteiger partial charge in [0.2, 0.25) is 0 Å². The van der Waals surface area contributed by atoms with Gasteiger partial charge in [-0.15, -0.1) is 11.3 Å². The Bertz CT molecular complexity index is 617. The van der Waals surface area contributed by atoms with Gasteiger partial charge in [0.05, 0.1) is 17.2 Å². The van der Waals surface area contributed by atoms with E-state index >= 15 is 0 Å². The first-order valence-corrected chi connectivity index (χ1v) is 6.52. The van der Waals surface area contributed by atoms with Crippen LogP contribution in [0.4, 0.5) is 4.39 Å². The maximum absolute atomic E-state index is 12.3. The molecule has 2 N–H and O–H groups in total. The van der Waals surface area contributed by atoms with Crippen LogP contribution in [0, 0.1) is 11.8 Å². The minimum Gasteiger partial charge on any atom is -0.391 e. The number of amidine groups is 1. The molecule has 0 spiro atoms. The summed E-state index contributed by atoms with van der Waals surface area (Å²) >= 11 is 1.45. The van der Waals surface area contributed by atoms with Crippen LogP contribution in [-0.2, 0) is 6.61 Å². The first kappa shape index (κ1) is 13.5. The second kappa shape index (κ2) is 6.32. The highest BCUT2D eigenvalue weighted by molar-refractivity contribution is 7.12. The molecule has 0 radical (unpaired) electrons. The zero-order valence-electron chi connectivity index (χ0n) is 10.4. The molecule has 0 fully saturated rings. The number of aliphatic hydroxyl groups excluding tert-OH is 1. The number of hydrogen-bond acceptors (Lipinski definition) is 3. The Morgan fingerprint density at radius 1 is 1.47 bits per heavy atom. The van der Waals surface area contributed by atoms with Gasteiger partial charge in [-0.25, -0.2) is 4.39 Å². The lowest BCUT2D eigenvalue weighted by Crippen LogP contribution is -2.16. The SMILES string of the molecule is CN=C1NC(C#Cc2ccc(CO)s2)=C/C1=C/CF. The summed E-state index contributed by atoms with van der Waals surface area (Å²) in [6.07, 6.45) is 3.23. The number of nitrogens with one attached hydrogen (secondary N) is 1. The van der Waals surface area contributed by atoms with Gasteiger partial charge in [-0.1, -0.05) is 0 Å². The van der Waals surface area contributed by atoms with Crippen LogP contribution in [0.15, 0.2) is 40.5 Å². The number of rotatable bonds is 2. The smallest absolute Gasteiger partial charge is 0.132 e. The lowest BCUT2D eigenvalue weighted by atomic mass is 10.2. The Morgan fingerprint density at radius 2 is 2.32 bits per heavy atom. The van der Waals surface area contributed by atoms with Gasteiger partial charge in [0.15, 0.2) is 0 Å². The maximum atomic E-state index is 12.3. The summed E-state index contributed by atoms with van der Waals surface area (Å²) in [6, 6.07) is 3.71. The summed E-state index contributed by atoms with van der Waals surface area (Å²) in [5.41, 5.74) is 1.41. The van der Waals surface area contributed by atoms with Crippen LogP contribution in [0.25, 0.3) is 0 Å². The van der Waals surface area contributed by atoms with E-state index in [1.807, 2.05) is 12.1 Å². The van der Waals surface area contributed by atoms with Crippen LogP contribution in [0.3, 0.4) is 0 Å². The van der Waals surface area contributed by atoms with Crippen LogP contribution >= 0.6 is 11.3 Å². The molecule has 1 aliphatic heterocycles. The van der Waals surface area contributed by atoms with Crippen molar-refractivity contribution in [2.45, 2.75) is 6.61 Å². The molecule has 1 aromatic heterocycles. The summed E-state index contributed by atoms with van der Waals surface area (Å²) in [5, 5.41) is 12.0. The molecule has 0 saturated heterocycles. The van der Waals surface area contributed by atoms with Crippen molar-refractivity contribution in [2.24, 2.45) is 4.99 Å². The molecule has 0 unspecified atom stereocenters. The standard InChI is InChI=1S/C14H13FN2OS/c1-16-14-10(6-7-15)8-11(17-14)2-3-12-4-5-13(9-18)19-12/h4-6,8,18H,7,9H2,1H3,(H,16,17)/b10-6-. The van der Waals surface area contributed by atoms with E-state index in [1.54, 1.807) is 13.1 Å².